The molecule has 27 heavy (non-hydrogen) atoms. The largest absolute Gasteiger partial charge is 0.461 e. The van der Waals surface area contributed by atoms with Gasteiger partial charge in [-0.1, -0.05) is 29.1 Å². The smallest absolute Gasteiger partial charge is 0.262 e. The first kappa shape index (κ1) is 15.8. The van der Waals surface area contributed by atoms with Crippen LogP contribution in [0.2, 0.25) is 0 Å². The lowest BCUT2D eigenvalue weighted by Crippen LogP contribution is -2.20. The Hall–Kier alpha value is -3.40. The van der Waals surface area contributed by atoms with Crippen molar-refractivity contribution in [3.8, 4) is 11.6 Å². The number of nitrogens with zero attached hydrogens (tertiary/aromatic N) is 6. The van der Waals surface area contributed by atoms with Crippen LogP contribution in [-0.2, 0) is 12.8 Å². The van der Waals surface area contributed by atoms with Crippen molar-refractivity contribution in [1.82, 2.24) is 29.3 Å². The van der Waals surface area contributed by atoms with Crippen LogP contribution in [0.1, 0.15) is 5.89 Å². The molecule has 5 aromatic rings. The van der Waals surface area contributed by atoms with E-state index in [9.17, 15) is 4.79 Å². The fraction of sp³-hybridized carbons (Fsp3) is 0.118. The van der Waals surface area contributed by atoms with Gasteiger partial charge in [-0.25, -0.2) is 0 Å². The average Bonchev–Trinajstić information content (AvgIpc) is 3.44. The molecule has 4 heterocycles. The van der Waals surface area contributed by atoms with E-state index in [0.29, 0.717) is 39.5 Å². The third kappa shape index (κ3) is 2.53. The van der Waals surface area contributed by atoms with Gasteiger partial charge in [0.15, 0.2) is 10.9 Å². The summed E-state index contributed by atoms with van der Waals surface area (Å²) in [6.45, 7) is 0. The summed E-state index contributed by atoms with van der Waals surface area (Å²) in [7, 11) is 1.68. The first-order valence-electron chi connectivity index (χ1n) is 8.04. The lowest BCUT2D eigenvalue weighted by molar-refractivity contribution is 0.390. The second kappa shape index (κ2) is 6.09. The zero-order valence-corrected chi connectivity index (χ0v) is 14.9. The van der Waals surface area contributed by atoms with Gasteiger partial charge in [-0.3, -0.25) is 13.8 Å². The number of aryl methyl sites for hydroxylation is 1. The Labute approximate surface area is 155 Å². The zero-order valence-electron chi connectivity index (χ0n) is 14.1. The topological polar surface area (TPSA) is 104 Å². The van der Waals surface area contributed by atoms with Crippen molar-refractivity contribution in [3.63, 3.8) is 0 Å². The van der Waals surface area contributed by atoms with Crippen molar-refractivity contribution in [2.24, 2.45) is 7.05 Å². The molecule has 9 nitrogen and oxygen atoms in total. The van der Waals surface area contributed by atoms with Crippen molar-refractivity contribution in [2.45, 2.75) is 10.9 Å². The van der Waals surface area contributed by atoms with E-state index in [1.807, 2.05) is 22.6 Å². The summed E-state index contributed by atoms with van der Waals surface area (Å²) < 4.78 is 13.9. The summed E-state index contributed by atoms with van der Waals surface area (Å²) in [5, 5.41) is 13.5. The number of rotatable bonds is 4. The maximum atomic E-state index is 12.5. The van der Waals surface area contributed by atoms with E-state index >= 15 is 0 Å². The van der Waals surface area contributed by atoms with E-state index in [0.717, 1.165) is 5.52 Å². The molecule has 1 aromatic carbocycles. The normalized spacial score (nSPS) is 11.6. The molecule has 10 heteroatoms. The molecule has 134 valence electrons. The van der Waals surface area contributed by atoms with Gasteiger partial charge in [-0.05, 0) is 24.3 Å². The van der Waals surface area contributed by atoms with Gasteiger partial charge in [0.1, 0.15) is 0 Å². The maximum Gasteiger partial charge on any atom is 0.262 e. The van der Waals surface area contributed by atoms with Gasteiger partial charge in [0.2, 0.25) is 17.5 Å². The van der Waals surface area contributed by atoms with Crippen molar-refractivity contribution in [2.75, 3.05) is 0 Å². The highest BCUT2D eigenvalue weighted by Gasteiger charge is 2.17. The molecule has 0 radical (unpaired) electrons. The van der Waals surface area contributed by atoms with Crippen LogP contribution in [0, 0.1) is 0 Å². The van der Waals surface area contributed by atoms with Crippen molar-refractivity contribution < 1.29 is 8.94 Å². The molecule has 0 atom stereocenters. The number of benzene rings is 1. The molecule has 0 N–H and O–H groups in total. The van der Waals surface area contributed by atoms with Gasteiger partial charge >= 0.3 is 0 Å². The molecule has 0 saturated heterocycles. The number of furan rings is 1. The first-order valence-corrected chi connectivity index (χ1v) is 9.03. The first-order chi connectivity index (χ1) is 13.2. The monoisotopic (exact) mass is 380 g/mol. The van der Waals surface area contributed by atoms with Gasteiger partial charge in [0.25, 0.3) is 5.56 Å². The van der Waals surface area contributed by atoms with Crippen molar-refractivity contribution >= 4 is 28.4 Å². The molecule has 0 fully saturated rings. The quantitative estimate of drug-likeness (QED) is 0.438. The number of para-hydroxylation sites is 1. The van der Waals surface area contributed by atoms with Gasteiger partial charge in [-0.2, -0.15) is 4.98 Å². The molecule has 0 aliphatic carbocycles. The molecule has 0 bridgehead atoms. The van der Waals surface area contributed by atoms with Crippen LogP contribution < -0.4 is 5.56 Å². The summed E-state index contributed by atoms with van der Waals surface area (Å²) in [5.41, 5.74) is 0.645. The van der Waals surface area contributed by atoms with E-state index < -0.39 is 0 Å². The standard InChI is InChI=1S/C17H12N6O3S/c1-22-15(24)10-5-2-3-6-11(10)23-16(22)19-20-17(23)27-9-13-18-14(21-26-13)12-7-4-8-25-12/h2-8H,9H2,1H3. The van der Waals surface area contributed by atoms with E-state index in [1.165, 1.54) is 16.3 Å². The molecular formula is C17H12N6O3S. The van der Waals surface area contributed by atoms with Crippen LogP contribution in [0.4, 0.5) is 0 Å². The summed E-state index contributed by atoms with van der Waals surface area (Å²) in [6.07, 6.45) is 1.55. The minimum atomic E-state index is -0.109. The molecule has 4 aromatic heterocycles. The molecule has 0 aliphatic heterocycles. The van der Waals surface area contributed by atoms with Crippen LogP contribution in [0.3, 0.4) is 0 Å². The minimum absolute atomic E-state index is 0.109. The van der Waals surface area contributed by atoms with Crippen molar-refractivity contribution in [3.05, 3.63) is 58.9 Å². The van der Waals surface area contributed by atoms with E-state index in [-0.39, 0.29) is 5.56 Å². The minimum Gasteiger partial charge on any atom is -0.461 e. The van der Waals surface area contributed by atoms with E-state index in [4.69, 9.17) is 8.94 Å². The number of hydrogen-bond acceptors (Lipinski definition) is 8. The van der Waals surface area contributed by atoms with Crippen molar-refractivity contribution in [1.29, 1.82) is 0 Å². The fourth-order valence-electron chi connectivity index (χ4n) is 2.85. The van der Waals surface area contributed by atoms with Crippen LogP contribution in [-0.4, -0.2) is 29.3 Å². The lowest BCUT2D eigenvalue weighted by Gasteiger charge is -2.06. The van der Waals surface area contributed by atoms with Gasteiger partial charge < -0.3 is 8.94 Å². The summed E-state index contributed by atoms with van der Waals surface area (Å²) in [6, 6.07) is 10.9. The number of hydrogen-bond donors (Lipinski definition) is 0. The molecule has 0 saturated carbocycles. The number of aromatic nitrogens is 6. The molecule has 0 unspecified atom stereocenters. The Morgan fingerprint density at radius 1 is 1.15 bits per heavy atom. The lowest BCUT2D eigenvalue weighted by atomic mass is 10.2. The summed E-state index contributed by atoms with van der Waals surface area (Å²) in [5.74, 6) is 2.27. The zero-order chi connectivity index (χ0) is 18.4. The predicted octanol–water partition coefficient (Wildman–Crippen LogP) is 2.52. The second-order valence-corrected chi connectivity index (χ2v) is 6.72. The fourth-order valence-corrected chi connectivity index (χ4v) is 3.63. The highest BCUT2D eigenvalue weighted by molar-refractivity contribution is 7.98. The second-order valence-electron chi connectivity index (χ2n) is 5.78. The maximum absolute atomic E-state index is 12.5. The summed E-state index contributed by atoms with van der Waals surface area (Å²) in [4.78, 5) is 16.8. The Morgan fingerprint density at radius 2 is 2.04 bits per heavy atom. The molecule has 5 rings (SSSR count). The van der Waals surface area contributed by atoms with Crippen LogP contribution in [0.5, 0.6) is 0 Å². The van der Waals surface area contributed by atoms with E-state index in [1.54, 1.807) is 31.5 Å². The predicted molar refractivity (Wildman–Crippen MR) is 97.3 cm³/mol. The van der Waals surface area contributed by atoms with Gasteiger partial charge in [0, 0.05) is 7.05 Å². The Kier molecular flexibility index (Phi) is 3.57. The molecule has 0 spiro atoms. The molecular weight excluding hydrogens is 368 g/mol. The Morgan fingerprint density at radius 3 is 2.89 bits per heavy atom. The third-order valence-corrected chi connectivity index (χ3v) is 5.04. The molecule has 0 aliphatic rings. The molecule has 0 amide bonds. The highest BCUT2D eigenvalue weighted by Crippen LogP contribution is 2.25. The van der Waals surface area contributed by atoms with Gasteiger partial charge in [-0.15, -0.1) is 10.2 Å². The van der Waals surface area contributed by atoms with Crippen LogP contribution >= 0.6 is 11.8 Å². The van der Waals surface area contributed by atoms with Crippen LogP contribution in [0.15, 0.2) is 61.6 Å². The van der Waals surface area contributed by atoms with E-state index in [2.05, 4.69) is 20.3 Å². The number of fused-ring (bicyclic) bond motifs is 3. The highest BCUT2D eigenvalue weighted by atomic mass is 32.2. The summed E-state index contributed by atoms with van der Waals surface area (Å²) >= 11 is 1.40. The Balaban J connectivity index is 1.52. The third-order valence-electron chi connectivity index (χ3n) is 4.13. The van der Waals surface area contributed by atoms with Gasteiger partial charge in [0.05, 0.1) is 22.9 Å². The van der Waals surface area contributed by atoms with Crippen LogP contribution in [0.25, 0.3) is 28.3 Å². The average molecular weight is 380 g/mol. The number of thioether (sulfide) groups is 1. The Bertz CT molecular complexity index is 1320. The SMILES string of the molecule is Cn1c(=O)c2ccccc2n2c(SCc3nc(-c4ccco4)no3)nnc12.